The largest absolute Gasteiger partial charge is 0.481 e. The number of amides is 1. The van der Waals surface area contributed by atoms with Crippen molar-refractivity contribution in [2.75, 3.05) is 5.32 Å². The van der Waals surface area contributed by atoms with Crippen LogP contribution in [-0.4, -0.2) is 21.9 Å². The Labute approximate surface area is 114 Å². The molecule has 0 bridgehead atoms. The summed E-state index contributed by atoms with van der Waals surface area (Å²) in [5.41, 5.74) is -0.234. The first-order valence-electron chi connectivity index (χ1n) is 6.03. The number of non-ortho nitro benzene ring substituents is 1. The summed E-state index contributed by atoms with van der Waals surface area (Å²) in [7, 11) is 0. The van der Waals surface area contributed by atoms with Gasteiger partial charge in [-0.1, -0.05) is 13.8 Å². The van der Waals surface area contributed by atoms with Crippen molar-refractivity contribution in [3.05, 3.63) is 34.4 Å². The maximum atomic E-state index is 12.0. The summed E-state index contributed by atoms with van der Waals surface area (Å²) in [5.74, 6) is -2.65. The number of carbonyl (C=O) groups is 2. The van der Waals surface area contributed by atoms with Crippen molar-refractivity contribution in [2.24, 2.45) is 17.3 Å². The average molecular weight is 278 g/mol. The summed E-state index contributed by atoms with van der Waals surface area (Å²) in [6.45, 7) is 3.46. The van der Waals surface area contributed by atoms with Gasteiger partial charge in [0.2, 0.25) is 5.91 Å². The van der Waals surface area contributed by atoms with E-state index >= 15 is 0 Å². The minimum Gasteiger partial charge on any atom is -0.481 e. The molecule has 0 aromatic heterocycles. The molecule has 1 amide bonds. The summed E-state index contributed by atoms with van der Waals surface area (Å²) in [4.78, 5) is 33.0. The Morgan fingerprint density at radius 1 is 1.25 bits per heavy atom. The molecule has 2 rings (SSSR count). The lowest BCUT2D eigenvalue weighted by Gasteiger charge is -2.05. The lowest BCUT2D eigenvalue weighted by Crippen LogP contribution is -2.17. The molecule has 2 unspecified atom stereocenters. The highest BCUT2D eigenvalue weighted by atomic mass is 16.6. The van der Waals surface area contributed by atoms with E-state index in [2.05, 4.69) is 5.32 Å². The lowest BCUT2D eigenvalue weighted by atomic mass is 10.1. The number of hydrogen-bond donors (Lipinski definition) is 2. The van der Waals surface area contributed by atoms with Crippen molar-refractivity contribution in [2.45, 2.75) is 13.8 Å². The third-order valence-electron chi connectivity index (χ3n) is 3.72. The minimum atomic E-state index is -0.987. The first-order valence-corrected chi connectivity index (χ1v) is 6.03. The molecule has 1 aromatic rings. The Balaban J connectivity index is 2.06. The molecule has 2 N–H and O–H groups in total. The van der Waals surface area contributed by atoms with Crippen LogP contribution in [-0.2, 0) is 9.59 Å². The summed E-state index contributed by atoms with van der Waals surface area (Å²) >= 11 is 0. The normalized spacial score (nSPS) is 22.9. The highest BCUT2D eigenvalue weighted by Gasteiger charge is 2.65. The molecule has 20 heavy (non-hydrogen) atoms. The molecule has 0 saturated heterocycles. The van der Waals surface area contributed by atoms with Crippen molar-refractivity contribution in [3.63, 3.8) is 0 Å². The summed E-state index contributed by atoms with van der Waals surface area (Å²) in [5, 5.41) is 22.1. The molecular weight excluding hydrogens is 264 g/mol. The molecule has 0 spiro atoms. The number of benzene rings is 1. The first-order chi connectivity index (χ1) is 9.25. The highest BCUT2D eigenvalue weighted by Crippen LogP contribution is 2.58. The number of nitrogens with zero attached hydrogens (tertiary/aromatic N) is 1. The number of aliphatic carboxylic acids is 1. The number of anilines is 1. The Kier molecular flexibility index (Phi) is 3.21. The van der Waals surface area contributed by atoms with E-state index in [0.717, 1.165) is 0 Å². The van der Waals surface area contributed by atoms with Crippen LogP contribution in [0.15, 0.2) is 24.3 Å². The van der Waals surface area contributed by atoms with Crippen LogP contribution in [0.25, 0.3) is 0 Å². The maximum Gasteiger partial charge on any atom is 0.307 e. The molecule has 0 aliphatic heterocycles. The molecule has 1 aromatic carbocycles. The zero-order valence-electron chi connectivity index (χ0n) is 11.0. The first kappa shape index (κ1) is 14.0. The van der Waals surface area contributed by atoms with Crippen molar-refractivity contribution in [1.29, 1.82) is 0 Å². The molecule has 2 atom stereocenters. The van der Waals surface area contributed by atoms with Crippen LogP contribution < -0.4 is 5.32 Å². The quantitative estimate of drug-likeness (QED) is 0.645. The van der Waals surface area contributed by atoms with E-state index in [-0.39, 0.29) is 11.6 Å². The third kappa shape index (κ3) is 2.34. The van der Waals surface area contributed by atoms with Crippen LogP contribution in [0.2, 0.25) is 0 Å². The fourth-order valence-corrected chi connectivity index (χ4v) is 2.47. The fraction of sp³-hybridized carbons (Fsp3) is 0.385. The topological polar surface area (TPSA) is 110 Å². The zero-order chi connectivity index (χ0) is 15.1. The van der Waals surface area contributed by atoms with E-state index in [1.165, 1.54) is 24.3 Å². The van der Waals surface area contributed by atoms with Gasteiger partial charge in [0.25, 0.3) is 5.69 Å². The smallest absolute Gasteiger partial charge is 0.307 e. The second-order valence-corrected chi connectivity index (χ2v) is 5.41. The Morgan fingerprint density at radius 3 is 2.20 bits per heavy atom. The van der Waals surface area contributed by atoms with Crippen molar-refractivity contribution >= 4 is 23.3 Å². The van der Waals surface area contributed by atoms with Gasteiger partial charge in [-0.25, -0.2) is 0 Å². The van der Waals surface area contributed by atoms with Gasteiger partial charge in [-0.05, 0) is 17.5 Å². The van der Waals surface area contributed by atoms with Crippen LogP contribution in [0.3, 0.4) is 0 Å². The van der Waals surface area contributed by atoms with Gasteiger partial charge in [0.15, 0.2) is 0 Å². The molecule has 7 heteroatoms. The Hall–Kier alpha value is -2.44. The number of nitro benzene ring substituents is 1. The molecule has 1 aliphatic carbocycles. The second-order valence-electron chi connectivity index (χ2n) is 5.41. The predicted molar refractivity (Wildman–Crippen MR) is 70.1 cm³/mol. The number of nitrogens with one attached hydrogen (secondary N) is 1. The van der Waals surface area contributed by atoms with Gasteiger partial charge in [-0.15, -0.1) is 0 Å². The van der Waals surface area contributed by atoms with E-state index in [4.69, 9.17) is 5.11 Å². The van der Waals surface area contributed by atoms with E-state index in [0.29, 0.717) is 5.69 Å². The second kappa shape index (κ2) is 4.59. The van der Waals surface area contributed by atoms with Crippen molar-refractivity contribution in [1.82, 2.24) is 0 Å². The Bertz CT molecular complexity index is 579. The molecular formula is C13H14N2O5. The standard InChI is InChI=1S/C13H14N2O5/c1-13(2)9(10(13)12(17)18)11(16)14-7-3-5-8(6-4-7)15(19)20/h3-6,9-10H,1-2H3,(H,14,16)(H,17,18). The van der Waals surface area contributed by atoms with Gasteiger partial charge in [-0.2, -0.15) is 0 Å². The average Bonchev–Trinajstić information content (AvgIpc) is 2.93. The molecule has 7 nitrogen and oxygen atoms in total. The van der Waals surface area contributed by atoms with E-state index in [1.807, 2.05) is 0 Å². The third-order valence-corrected chi connectivity index (χ3v) is 3.72. The number of carbonyl (C=O) groups excluding carboxylic acids is 1. The number of carboxylic acid groups (broad SMARTS) is 1. The predicted octanol–water partition coefficient (Wildman–Crippen LogP) is 1.89. The molecule has 1 aliphatic rings. The Morgan fingerprint density at radius 2 is 1.80 bits per heavy atom. The fourth-order valence-electron chi connectivity index (χ4n) is 2.47. The van der Waals surface area contributed by atoms with Crippen LogP contribution in [0.5, 0.6) is 0 Å². The maximum absolute atomic E-state index is 12.0. The highest BCUT2D eigenvalue weighted by molar-refractivity contribution is 5.99. The van der Waals surface area contributed by atoms with E-state index in [1.54, 1.807) is 13.8 Å². The SMILES string of the molecule is CC1(C)C(C(=O)O)C1C(=O)Nc1ccc([N+](=O)[O-])cc1. The molecule has 1 saturated carbocycles. The van der Waals surface area contributed by atoms with Crippen molar-refractivity contribution in [3.8, 4) is 0 Å². The van der Waals surface area contributed by atoms with Crippen LogP contribution >= 0.6 is 0 Å². The molecule has 0 radical (unpaired) electrons. The number of rotatable bonds is 4. The monoisotopic (exact) mass is 278 g/mol. The number of carboxylic acids is 1. The minimum absolute atomic E-state index is 0.0711. The molecule has 106 valence electrons. The zero-order valence-corrected chi connectivity index (χ0v) is 11.0. The van der Waals surface area contributed by atoms with Gasteiger partial charge in [0.1, 0.15) is 0 Å². The molecule has 0 heterocycles. The van der Waals surface area contributed by atoms with Crippen molar-refractivity contribution < 1.29 is 19.6 Å². The van der Waals surface area contributed by atoms with Crippen LogP contribution in [0.4, 0.5) is 11.4 Å². The van der Waals surface area contributed by atoms with Crippen LogP contribution in [0.1, 0.15) is 13.8 Å². The summed E-state index contributed by atoms with van der Waals surface area (Å²) < 4.78 is 0. The van der Waals surface area contributed by atoms with Gasteiger partial charge >= 0.3 is 5.97 Å². The van der Waals surface area contributed by atoms with Crippen LogP contribution in [0, 0.1) is 27.4 Å². The van der Waals surface area contributed by atoms with Gasteiger partial charge in [0.05, 0.1) is 16.8 Å². The summed E-state index contributed by atoms with van der Waals surface area (Å²) in [6, 6.07) is 5.40. The molecule has 1 fully saturated rings. The van der Waals surface area contributed by atoms with Gasteiger partial charge < -0.3 is 10.4 Å². The number of nitro groups is 1. The lowest BCUT2D eigenvalue weighted by molar-refractivity contribution is -0.384. The summed E-state index contributed by atoms with van der Waals surface area (Å²) in [6.07, 6.45) is 0. The van der Waals surface area contributed by atoms with E-state index in [9.17, 15) is 19.7 Å². The van der Waals surface area contributed by atoms with Gasteiger partial charge in [-0.3, -0.25) is 19.7 Å². The van der Waals surface area contributed by atoms with E-state index < -0.39 is 28.1 Å². The van der Waals surface area contributed by atoms with Gasteiger partial charge in [0, 0.05) is 17.8 Å². The number of hydrogen-bond acceptors (Lipinski definition) is 4.